The average Bonchev–Trinajstić information content (AvgIpc) is 1.31. The minimum Gasteiger partial charge on any atom is -0.493 e. The molecule has 0 saturated carbocycles. The number of methoxy groups -OCH3 is 2. The predicted octanol–water partition coefficient (Wildman–Crippen LogP) is 7.30. The van der Waals surface area contributed by atoms with Crippen molar-refractivity contribution in [2.75, 3.05) is 59.9 Å². The fourth-order valence-corrected chi connectivity index (χ4v) is 11.9. The van der Waals surface area contributed by atoms with Crippen LogP contribution in [0.5, 0.6) is 17.2 Å². The minimum atomic E-state index is -1.39. The van der Waals surface area contributed by atoms with E-state index in [9.17, 15) is 53.1 Å². The van der Waals surface area contributed by atoms with Gasteiger partial charge in [-0.2, -0.15) is 0 Å². The van der Waals surface area contributed by atoms with E-state index in [1.54, 1.807) is 99.8 Å². The minimum absolute atomic E-state index is 0.0207. The number of ketones is 2. The smallest absolute Gasteiger partial charge is 0.341 e. The Balaban J connectivity index is 1.20. The zero-order valence-electron chi connectivity index (χ0n) is 55.0. The molecule has 7 amide bonds. The summed E-state index contributed by atoms with van der Waals surface area (Å²) in [5.41, 5.74) is 1.19. The maximum Gasteiger partial charge on any atom is 0.341 e. The topological polar surface area (TPSA) is 294 Å². The second kappa shape index (κ2) is 34.0. The lowest BCUT2D eigenvalue weighted by atomic mass is 9.81. The van der Waals surface area contributed by atoms with Gasteiger partial charge in [0.1, 0.15) is 42.1 Å². The van der Waals surface area contributed by atoms with Crippen molar-refractivity contribution in [1.29, 1.82) is 0 Å². The van der Waals surface area contributed by atoms with Crippen molar-refractivity contribution in [3.05, 3.63) is 131 Å². The van der Waals surface area contributed by atoms with Gasteiger partial charge in [0.25, 0.3) is 5.91 Å². The molecule has 2 fully saturated rings. The predicted molar refractivity (Wildman–Crippen MR) is 348 cm³/mol. The van der Waals surface area contributed by atoms with Crippen molar-refractivity contribution in [2.45, 2.75) is 154 Å². The molecular weight excluding hydrogens is 1210 g/mol. The number of nitrogens with one attached hydrogen (secondary N) is 3. The van der Waals surface area contributed by atoms with Crippen LogP contribution in [-0.2, 0) is 70.3 Å². The lowest BCUT2D eigenvalue weighted by Crippen LogP contribution is -2.58. The number of allylic oxidation sites excluding steroid dienone is 1. The summed E-state index contributed by atoms with van der Waals surface area (Å²) < 4.78 is 22.7. The molecule has 7 rings (SSSR count). The number of hydrogen-bond acceptors (Lipinski definition) is 15. The molecule has 4 aromatic carbocycles. The van der Waals surface area contributed by atoms with E-state index in [2.05, 4.69) is 16.0 Å². The van der Waals surface area contributed by atoms with E-state index in [-0.39, 0.29) is 107 Å². The number of Topliss-reactive ketones (excluding diaryl/α,β-unsaturated/α-hetero) is 1. The Morgan fingerprint density at radius 3 is 2.09 bits per heavy atom. The summed E-state index contributed by atoms with van der Waals surface area (Å²) in [4.78, 5) is 160. The van der Waals surface area contributed by atoms with E-state index in [4.69, 9.17) is 18.9 Å². The first-order valence-electron chi connectivity index (χ1n) is 32.1. The molecule has 0 aromatic heterocycles. The molecule has 3 heterocycles. The van der Waals surface area contributed by atoms with Crippen LogP contribution in [0.25, 0.3) is 0 Å². The lowest BCUT2D eigenvalue weighted by Gasteiger charge is -2.36. The Morgan fingerprint density at radius 1 is 0.702 bits per heavy atom. The third-order valence-corrected chi connectivity index (χ3v) is 17.3. The molecule has 2 saturated heterocycles. The van der Waals surface area contributed by atoms with Gasteiger partial charge in [0.05, 0.1) is 14.2 Å². The van der Waals surface area contributed by atoms with Gasteiger partial charge >= 0.3 is 11.9 Å². The number of amides is 7. The Kier molecular flexibility index (Phi) is 26.0. The quantitative estimate of drug-likeness (QED) is 0.0754. The molecule has 6 atom stereocenters. The van der Waals surface area contributed by atoms with Crippen LogP contribution in [0.1, 0.15) is 139 Å². The number of likely N-dealkylation sites (N-methyl/N-ethyl adjacent to an activating group) is 2. The van der Waals surface area contributed by atoms with Crippen LogP contribution < -0.4 is 30.2 Å². The molecule has 0 radical (unpaired) electrons. The Morgan fingerprint density at radius 2 is 1.38 bits per heavy atom. The van der Waals surface area contributed by atoms with Crippen LogP contribution in [0, 0.1) is 11.3 Å². The first-order chi connectivity index (χ1) is 44.9. The highest BCUT2D eigenvalue weighted by Crippen LogP contribution is 2.34. The number of hydrogen-bond donors (Lipinski definition) is 4. The van der Waals surface area contributed by atoms with E-state index < -0.39 is 101 Å². The summed E-state index contributed by atoms with van der Waals surface area (Å²) in [6, 6.07) is 20.8. The molecular formula is C71H89N7O16. The molecule has 2 bridgehead atoms. The van der Waals surface area contributed by atoms with Crippen LogP contribution in [0.4, 0.5) is 5.69 Å². The standard InChI is InChI=1S/C71H89N7O16/c1-45(2)40-56-67(87)75(5)37-14-12-22-51(79)35-36-71(3,4)64(84)69(89)78-38-15-13-23-55(78)70(90)94-57(31-27-47-28-32-58(91-7)59(42-47)92-8)49-20-16-21-50(43-49)72-60(80)33-34-61(81)74-63(48-18-10-9-11-19-48)65(85)73-53(41-46-25-29-52(30-26-46)93-44-62(82)83)66(86)77-39-17-24-54(77)68(88)76(56)6/h9-12,16,18-22,25-26,28-30,32,42-43,45,53-57,63H,13-15,17,23-24,27,31,33-41,44H2,1-8H3,(H,72,80)(H,73,85)(H,74,81)(H,82,83)/t53-,54+,55-,56-,57+,63-/m0/s1. The van der Waals surface area contributed by atoms with E-state index >= 15 is 4.79 Å². The number of piperidine rings is 1. The lowest BCUT2D eigenvalue weighted by molar-refractivity contribution is -0.164. The number of aryl methyl sites for hydroxylation is 1. The van der Waals surface area contributed by atoms with Gasteiger partial charge in [0.15, 0.2) is 23.9 Å². The largest absolute Gasteiger partial charge is 0.493 e. The summed E-state index contributed by atoms with van der Waals surface area (Å²) in [5.74, 6) is -6.17. The van der Waals surface area contributed by atoms with Crippen molar-refractivity contribution in [2.24, 2.45) is 11.3 Å². The number of carboxylic acids is 1. The van der Waals surface area contributed by atoms with Gasteiger partial charge < -0.3 is 59.6 Å². The van der Waals surface area contributed by atoms with Gasteiger partial charge in [-0.1, -0.05) is 94.4 Å². The third kappa shape index (κ3) is 19.8. The zero-order chi connectivity index (χ0) is 68.2. The van der Waals surface area contributed by atoms with Crippen LogP contribution in [0.2, 0.25) is 0 Å². The van der Waals surface area contributed by atoms with Crippen LogP contribution in [0.3, 0.4) is 0 Å². The first-order valence-corrected chi connectivity index (χ1v) is 32.1. The molecule has 4 aromatic rings. The molecule has 0 aliphatic carbocycles. The first kappa shape index (κ1) is 72.0. The van der Waals surface area contributed by atoms with Crippen LogP contribution >= 0.6 is 0 Å². The van der Waals surface area contributed by atoms with E-state index in [1.165, 1.54) is 59.1 Å². The van der Waals surface area contributed by atoms with Gasteiger partial charge in [-0.25, -0.2) is 9.59 Å². The number of benzene rings is 4. The normalized spacial score (nSPS) is 22.4. The van der Waals surface area contributed by atoms with Crippen molar-refractivity contribution in [3.8, 4) is 17.2 Å². The number of ether oxygens (including phenoxy) is 4. The van der Waals surface area contributed by atoms with Gasteiger partial charge in [0, 0.05) is 70.5 Å². The molecule has 94 heavy (non-hydrogen) atoms. The van der Waals surface area contributed by atoms with Gasteiger partial charge in [-0.05, 0) is 135 Å². The summed E-state index contributed by atoms with van der Waals surface area (Å²) in [6.07, 6.45) is 4.27. The molecule has 4 N–H and O–H groups in total. The average molecular weight is 1300 g/mol. The zero-order valence-corrected chi connectivity index (χ0v) is 55.0. The van der Waals surface area contributed by atoms with Gasteiger partial charge in [-0.15, -0.1) is 0 Å². The van der Waals surface area contributed by atoms with E-state index in [0.717, 1.165) is 5.56 Å². The summed E-state index contributed by atoms with van der Waals surface area (Å²) in [7, 11) is 6.17. The number of carbonyl (C=O) groups is 11. The number of fused-ring (bicyclic) bond motifs is 4. The van der Waals surface area contributed by atoms with Crippen molar-refractivity contribution in [1.82, 2.24) is 30.2 Å². The molecule has 0 spiro atoms. The maximum absolute atomic E-state index is 15.2. The fourth-order valence-electron chi connectivity index (χ4n) is 11.9. The number of carboxylic acid groups (broad SMARTS) is 1. The highest BCUT2D eigenvalue weighted by molar-refractivity contribution is 6.38. The number of nitrogens with zero attached hydrogens (tertiary/aromatic N) is 4. The molecule has 3 aliphatic heterocycles. The second-order valence-corrected chi connectivity index (χ2v) is 25.3. The van der Waals surface area contributed by atoms with E-state index in [0.29, 0.717) is 59.6 Å². The molecule has 0 unspecified atom stereocenters. The number of cyclic esters (lactones) is 1. The highest BCUT2D eigenvalue weighted by Gasteiger charge is 2.44. The van der Waals surface area contributed by atoms with Crippen molar-refractivity contribution < 1.29 is 76.8 Å². The van der Waals surface area contributed by atoms with Gasteiger partial charge in [0.2, 0.25) is 41.2 Å². The van der Waals surface area contributed by atoms with Crippen LogP contribution in [-0.4, -0.2) is 168 Å². The number of esters is 1. The Labute approximate surface area is 549 Å². The highest BCUT2D eigenvalue weighted by atomic mass is 16.5. The molecule has 23 heteroatoms. The van der Waals surface area contributed by atoms with Crippen LogP contribution in [0.15, 0.2) is 109 Å². The third-order valence-electron chi connectivity index (χ3n) is 17.3. The van der Waals surface area contributed by atoms with Gasteiger partial charge in [-0.3, -0.25) is 43.2 Å². The summed E-state index contributed by atoms with van der Waals surface area (Å²) >= 11 is 0. The number of carbonyl (C=O) groups excluding carboxylic acids is 10. The second-order valence-electron chi connectivity index (χ2n) is 25.3. The Bertz CT molecular complexity index is 3410. The maximum atomic E-state index is 15.2. The number of anilines is 1. The summed E-state index contributed by atoms with van der Waals surface area (Å²) in [5, 5.41) is 17.7. The fraction of sp³-hybridized carbons (Fsp3) is 0.479. The van der Waals surface area contributed by atoms with Crippen molar-refractivity contribution in [3.63, 3.8) is 0 Å². The monoisotopic (exact) mass is 1300 g/mol. The van der Waals surface area contributed by atoms with E-state index in [1.807, 2.05) is 26.0 Å². The SMILES string of the molecule is COc1ccc(CC[C@H]2OC(=O)[C@@H]3CCCCN3C(=O)C(=O)C(C)(C)CCC(=O)C=CCCN(C)C(=O)[C@H](CC(C)C)N(C)C(=O)[C@H]3CCCN3C(=O)[C@H](Cc3ccc(OCC(=O)O)cc3)NC(=O)[C@H](c3ccccc3)NC(=O)CCC(=O)Nc3cccc2c3)cc1OC. The number of aliphatic carboxylic acids is 1. The molecule has 504 valence electrons. The number of rotatable bonds is 13. The molecule has 23 nitrogen and oxygen atoms in total. The van der Waals surface area contributed by atoms with Crippen molar-refractivity contribution >= 4 is 70.5 Å². The Hall–Kier alpha value is -9.41. The summed E-state index contributed by atoms with van der Waals surface area (Å²) in [6.45, 7) is 6.85. The molecule has 3 aliphatic rings.